The molecule has 0 N–H and O–H groups in total. The molecule has 0 radical (unpaired) electrons. The van der Waals surface area contributed by atoms with E-state index < -0.39 is 0 Å². The zero-order valence-electron chi connectivity index (χ0n) is 24.1. The molecule has 44 heavy (non-hydrogen) atoms. The number of carbonyl (C=O) groups is 1. The van der Waals surface area contributed by atoms with Crippen molar-refractivity contribution in [2.24, 2.45) is 0 Å². The zero-order chi connectivity index (χ0) is 29.5. The van der Waals surface area contributed by atoms with Crippen LogP contribution < -0.4 is 15.7 Å². The number of nitrogens with zero attached hydrogens (tertiary/aromatic N) is 1. The van der Waals surface area contributed by atoms with Crippen molar-refractivity contribution < 1.29 is 4.79 Å². The number of rotatable bonds is 6. The lowest BCUT2D eigenvalue weighted by Gasteiger charge is -2.34. The van der Waals surface area contributed by atoms with Crippen LogP contribution in [0.1, 0.15) is 15.9 Å². The zero-order valence-corrected chi connectivity index (χ0v) is 24.1. The molecule has 7 aromatic rings. The fourth-order valence-corrected chi connectivity index (χ4v) is 6.63. The lowest BCUT2D eigenvalue weighted by molar-refractivity contribution is 0.104. The summed E-state index contributed by atoms with van der Waals surface area (Å²) in [7, 11) is 0. The number of allylic oxidation sites excluding steroid dienone is 1. The number of anilines is 2. The van der Waals surface area contributed by atoms with Gasteiger partial charge in [0.25, 0.3) is 0 Å². The van der Waals surface area contributed by atoms with Gasteiger partial charge in [0, 0.05) is 16.8 Å². The highest BCUT2D eigenvalue weighted by molar-refractivity contribution is 6.89. The van der Waals surface area contributed by atoms with E-state index >= 15 is 0 Å². The number of hydrogen-bond acceptors (Lipinski definition) is 2. The van der Waals surface area contributed by atoms with Crippen molar-refractivity contribution in [2.45, 2.75) is 0 Å². The Bertz CT molecular complexity index is 2150. The van der Waals surface area contributed by atoms with Crippen LogP contribution in [0.4, 0.5) is 11.4 Å². The van der Waals surface area contributed by atoms with Gasteiger partial charge in [0.05, 0.1) is 5.56 Å². The third-order valence-electron chi connectivity index (χ3n) is 8.65. The van der Waals surface area contributed by atoms with Gasteiger partial charge in [-0.15, -0.1) is 0 Å². The van der Waals surface area contributed by atoms with Crippen LogP contribution in [0.5, 0.6) is 0 Å². The number of ketones is 1. The van der Waals surface area contributed by atoms with Crippen molar-refractivity contribution in [1.29, 1.82) is 0 Å². The van der Waals surface area contributed by atoms with Crippen LogP contribution >= 0.6 is 0 Å². The quantitative estimate of drug-likeness (QED) is 0.189. The fraction of sp³-hybridized carbons (Fsp3) is 0. The van der Waals surface area contributed by atoms with Gasteiger partial charge in [-0.05, 0) is 75.3 Å². The molecule has 0 bridgehead atoms. The monoisotopic (exact) mass is 561 g/mol. The molecule has 1 aliphatic rings. The second kappa shape index (κ2) is 10.9. The van der Waals surface area contributed by atoms with E-state index in [9.17, 15) is 4.79 Å². The third-order valence-corrected chi connectivity index (χ3v) is 8.65. The average molecular weight is 561 g/mol. The summed E-state index contributed by atoms with van der Waals surface area (Å²) < 4.78 is 0. The summed E-state index contributed by atoms with van der Waals surface area (Å²) in [6, 6.07) is 55.3. The Morgan fingerprint density at radius 2 is 1.07 bits per heavy atom. The summed E-state index contributed by atoms with van der Waals surface area (Å²) in [4.78, 5) is 16.2. The second-order valence-electron chi connectivity index (χ2n) is 11.3. The van der Waals surface area contributed by atoms with E-state index in [-0.39, 0.29) is 12.6 Å². The fourth-order valence-electron chi connectivity index (χ4n) is 6.63. The smallest absolute Gasteiger partial charge is 0.328 e. The molecule has 0 heterocycles. The van der Waals surface area contributed by atoms with E-state index in [0.717, 1.165) is 55.3 Å². The van der Waals surface area contributed by atoms with Crippen LogP contribution in [0.15, 0.2) is 164 Å². The van der Waals surface area contributed by atoms with E-state index in [1.54, 1.807) is 6.08 Å². The van der Waals surface area contributed by atoms with Gasteiger partial charge in [-0.3, -0.25) is 4.79 Å². The van der Waals surface area contributed by atoms with Crippen LogP contribution in [-0.4, -0.2) is 12.6 Å². The summed E-state index contributed by atoms with van der Waals surface area (Å²) in [6.45, 7) is -0.146. The van der Waals surface area contributed by atoms with Gasteiger partial charge in [-0.2, -0.15) is 0 Å². The number of fused-ring (bicyclic) bond motifs is 1. The first kappa shape index (κ1) is 26.0. The molecule has 1 aliphatic carbocycles. The molecule has 3 heteroatoms. The highest BCUT2D eigenvalue weighted by atomic mass is 16.1. The Labute approximate surface area is 257 Å². The normalized spacial score (nSPS) is 12.0. The van der Waals surface area contributed by atoms with Crippen molar-refractivity contribution in [1.82, 2.24) is 0 Å². The minimum atomic E-state index is -0.146. The third kappa shape index (κ3) is 4.51. The van der Waals surface area contributed by atoms with Gasteiger partial charge in [-0.1, -0.05) is 138 Å². The Balaban J connectivity index is 1.36. The minimum absolute atomic E-state index is 0.0253. The van der Waals surface area contributed by atoms with Crippen molar-refractivity contribution in [3.63, 3.8) is 0 Å². The summed E-state index contributed by atoms with van der Waals surface area (Å²) in [6.07, 6.45) is 3.71. The maximum Gasteiger partial charge on any atom is 0.328 e. The number of hydrogen-bond donors (Lipinski definition) is 0. The second-order valence-corrected chi connectivity index (χ2v) is 11.3. The average Bonchev–Trinajstić information content (AvgIpc) is 3.09. The van der Waals surface area contributed by atoms with Crippen molar-refractivity contribution in [2.75, 3.05) is 4.81 Å². The molecule has 0 spiro atoms. The topological polar surface area (TPSA) is 20.3 Å². The Kier molecular flexibility index (Phi) is 6.42. The van der Waals surface area contributed by atoms with Crippen LogP contribution in [0.2, 0.25) is 0 Å². The molecule has 0 atom stereocenters. The predicted molar refractivity (Wildman–Crippen MR) is 187 cm³/mol. The van der Waals surface area contributed by atoms with Crippen LogP contribution in [0.3, 0.4) is 0 Å². The number of para-hydroxylation sites is 1. The van der Waals surface area contributed by atoms with E-state index in [1.807, 2.05) is 24.3 Å². The van der Waals surface area contributed by atoms with Crippen LogP contribution in [0.25, 0.3) is 38.7 Å². The maximum absolute atomic E-state index is 13.9. The predicted octanol–water partition coefficient (Wildman–Crippen LogP) is 8.81. The Hall–Kier alpha value is -5.67. The summed E-state index contributed by atoms with van der Waals surface area (Å²) in [5, 5.41) is 4.50. The molecule has 0 aliphatic heterocycles. The first-order valence-electron chi connectivity index (χ1n) is 15.0. The molecule has 206 valence electrons. The van der Waals surface area contributed by atoms with Gasteiger partial charge in [0.2, 0.25) is 0 Å². The van der Waals surface area contributed by atoms with Gasteiger partial charge in [-0.25, -0.2) is 0 Å². The van der Waals surface area contributed by atoms with E-state index in [0.29, 0.717) is 0 Å². The minimum Gasteiger partial charge on any atom is -0.376 e. The largest absolute Gasteiger partial charge is 0.376 e. The van der Waals surface area contributed by atoms with Gasteiger partial charge in [0.1, 0.15) is 0 Å². The molecule has 0 aromatic heterocycles. The Morgan fingerprint density at radius 3 is 1.77 bits per heavy atom. The molecule has 0 saturated carbocycles. The number of carbonyl (C=O) groups excluding carboxylic acids is 1. The Morgan fingerprint density at radius 1 is 0.477 bits per heavy atom. The highest BCUT2D eigenvalue weighted by Crippen LogP contribution is 2.41. The van der Waals surface area contributed by atoms with Crippen LogP contribution in [-0.2, 0) is 0 Å². The number of benzene rings is 7. The van der Waals surface area contributed by atoms with Crippen molar-refractivity contribution in [3.8, 4) is 11.1 Å². The summed E-state index contributed by atoms with van der Waals surface area (Å²) >= 11 is 0. The lowest BCUT2D eigenvalue weighted by atomic mass is 9.48. The van der Waals surface area contributed by atoms with Crippen LogP contribution in [0, 0.1) is 0 Å². The van der Waals surface area contributed by atoms with Crippen molar-refractivity contribution in [3.05, 3.63) is 175 Å². The van der Waals surface area contributed by atoms with E-state index in [2.05, 4.69) is 144 Å². The van der Waals surface area contributed by atoms with Crippen molar-refractivity contribution >= 4 is 62.6 Å². The SMILES string of the molecule is O=C1C=Cc2cc(-c3ccc4ccccc4c3)cc3ccc(N(B(c4ccccc4)c4ccccc4)c4ccccc4)c1c23. The molecule has 0 fully saturated rings. The van der Waals surface area contributed by atoms with Gasteiger partial charge < -0.3 is 4.81 Å². The first-order valence-corrected chi connectivity index (χ1v) is 15.0. The molecule has 8 rings (SSSR count). The van der Waals surface area contributed by atoms with Gasteiger partial charge in [0.15, 0.2) is 5.78 Å². The molecular formula is C41H28BNO. The molecular weight excluding hydrogens is 533 g/mol. The van der Waals surface area contributed by atoms with E-state index in [4.69, 9.17) is 0 Å². The lowest BCUT2D eigenvalue weighted by Crippen LogP contribution is -2.55. The summed E-state index contributed by atoms with van der Waals surface area (Å²) in [5.74, 6) is 0.0253. The molecule has 0 amide bonds. The molecule has 2 nitrogen and oxygen atoms in total. The molecule has 0 saturated heterocycles. The summed E-state index contributed by atoms with van der Waals surface area (Å²) in [5.41, 5.74) is 8.34. The highest BCUT2D eigenvalue weighted by Gasteiger charge is 2.33. The standard InChI is InChI=1S/C41H28BNO/c44-39-25-23-33-28-34(31-21-20-29-12-10-11-13-30(29)26-31)27-32-22-24-38(41(39)40(32)33)43(37-18-8-3-9-19-37)42(35-14-4-1-5-15-35)36-16-6-2-7-17-36/h1-28H. The van der Waals surface area contributed by atoms with Gasteiger partial charge >= 0.3 is 6.85 Å². The maximum atomic E-state index is 13.9. The van der Waals surface area contributed by atoms with E-state index in [1.165, 1.54) is 10.8 Å². The molecule has 7 aromatic carbocycles. The first-order chi connectivity index (χ1) is 21.7. The molecule has 0 unspecified atom stereocenters.